The van der Waals surface area contributed by atoms with E-state index in [-0.39, 0.29) is 11.3 Å². The van der Waals surface area contributed by atoms with Crippen molar-refractivity contribution >= 4 is 21.4 Å². The molecular formula is C12H20N2O2S2. The molecule has 6 heteroatoms. The number of rotatable bonds is 5. The highest BCUT2D eigenvalue weighted by Crippen LogP contribution is 2.24. The van der Waals surface area contributed by atoms with Crippen LogP contribution in [-0.4, -0.2) is 26.8 Å². The van der Waals surface area contributed by atoms with Crippen molar-refractivity contribution in [1.29, 1.82) is 0 Å². The standard InChI is InChI=1S/C12H20N2O2S2/c1-2-11(12-6-4-8-17-12)14-18(15,16)10-5-3-7-13-9-10/h4,6,8,10-11,13-14H,2-3,5,7,9H2,1H3. The van der Waals surface area contributed by atoms with Gasteiger partial charge in [0.2, 0.25) is 10.0 Å². The maximum absolute atomic E-state index is 12.3. The first-order valence-corrected chi connectivity index (χ1v) is 8.81. The molecular weight excluding hydrogens is 268 g/mol. The first kappa shape index (κ1) is 14.0. The second-order valence-corrected chi connectivity index (χ2v) is 7.58. The Morgan fingerprint density at radius 3 is 3.00 bits per heavy atom. The van der Waals surface area contributed by atoms with Crippen LogP contribution in [0.25, 0.3) is 0 Å². The summed E-state index contributed by atoms with van der Waals surface area (Å²) in [5, 5.41) is 4.84. The predicted octanol–water partition coefficient (Wildman–Crippen LogP) is 1.87. The zero-order chi connectivity index (χ0) is 13.0. The number of nitrogens with one attached hydrogen (secondary N) is 2. The zero-order valence-electron chi connectivity index (χ0n) is 10.6. The van der Waals surface area contributed by atoms with Gasteiger partial charge in [-0.15, -0.1) is 11.3 Å². The summed E-state index contributed by atoms with van der Waals surface area (Å²) in [6, 6.07) is 3.86. The number of hydrogen-bond acceptors (Lipinski definition) is 4. The normalized spacial score (nSPS) is 22.8. The van der Waals surface area contributed by atoms with E-state index in [9.17, 15) is 8.42 Å². The molecule has 2 N–H and O–H groups in total. The van der Waals surface area contributed by atoms with E-state index in [0.717, 1.165) is 30.7 Å². The highest BCUT2D eigenvalue weighted by molar-refractivity contribution is 7.90. The van der Waals surface area contributed by atoms with Crippen LogP contribution in [0.1, 0.15) is 37.1 Å². The fraction of sp³-hybridized carbons (Fsp3) is 0.667. The van der Waals surface area contributed by atoms with E-state index in [0.29, 0.717) is 6.54 Å². The Balaban J connectivity index is 2.06. The van der Waals surface area contributed by atoms with Crippen molar-refractivity contribution in [3.05, 3.63) is 22.4 Å². The average Bonchev–Trinajstić information content (AvgIpc) is 2.91. The van der Waals surface area contributed by atoms with Crippen molar-refractivity contribution in [2.45, 2.75) is 37.5 Å². The minimum Gasteiger partial charge on any atom is -0.315 e. The van der Waals surface area contributed by atoms with E-state index in [2.05, 4.69) is 10.0 Å². The summed E-state index contributed by atoms with van der Waals surface area (Å²) in [4.78, 5) is 1.09. The minimum absolute atomic E-state index is 0.0862. The molecule has 1 aliphatic heterocycles. The molecule has 0 amide bonds. The summed E-state index contributed by atoms with van der Waals surface area (Å²) < 4.78 is 27.5. The Kier molecular flexibility index (Phi) is 4.77. The molecule has 2 rings (SSSR count). The number of sulfonamides is 1. The zero-order valence-corrected chi connectivity index (χ0v) is 12.2. The molecule has 1 aromatic rings. The van der Waals surface area contributed by atoms with Crippen LogP contribution in [0, 0.1) is 0 Å². The minimum atomic E-state index is -3.23. The number of thiophene rings is 1. The van der Waals surface area contributed by atoms with Crippen LogP contribution in [0.5, 0.6) is 0 Å². The maximum Gasteiger partial charge on any atom is 0.216 e. The van der Waals surface area contributed by atoms with Crippen molar-refractivity contribution in [2.75, 3.05) is 13.1 Å². The fourth-order valence-electron chi connectivity index (χ4n) is 2.21. The molecule has 1 aromatic heterocycles. The summed E-state index contributed by atoms with van der Waals surface area (Å²) in [6.45, 7) is 3.50. The van der Waals surface area contributed by atoms with Gasteiger partial charge in [0.25, 0.3) is 0 Å². The average molecular weight is 288 g/mol. The Bertz CT molecular complexity index is 450. The molecule has 1 saturated heterocycles. The first-order valence-electron chi connectivity index (χ1n) is 6.38. The first-order chi connectivity index (χ1) is 8.63. The molecule has 4 nitrogen and oxygen atoms in total. The lowest BCUT2D eigenvalue weighted by molar-refractivity contribution is 0.481. The molecule has 0 aromatic carbocycles. The fourth-order valence-corrected chi connectivity index (χ4v) is 4.84. The summed E-state index contributed by atoms with van der Waals surface area (Å²) in [5.41, 5.74) is 0. The van der Waals surface area contributed by atoms with E-state index >= 15 is 0 Å². The largest absolute Gasteiger partial charge is 0.315 e. The van der Waals surface area contributed by atoms with Gasteiger partial charge >= 0.3 is 0 Å². The Hall–Kier alpha value is -0.430. The molecule has 102 valence electrons. The molecule has 0 spiro atoms. The lowest BCUT2D eigenvalue weighted by Crippen LogP contribution is -2.45. The molecule has 0 radical (unpaired) electrons. The van der Waals surface area contributed by atoms with E-state index in [4.69, 9.17) is 0 Å². The Morgan fingerprint density at radius 1 is 1.61 bits per heavy atom. The summed E-state index contributed by atoms with van der Waals surface area (Å²) in [7, 11) is -3.23. The van der Waals surface area contributed by atoms with Crippen molar-refractivity contribution in [3.8, 4) is 0 Å². The van der Waals surface area contributed by atoms with Gasteiger partial charge < -0.3 is 5.32 Å². The van der Waals surface area contributed by atoms with Crippen molar-refractivity contribution in [3.63, 3.8) is 0 Å². The highest BCUT2D eigenvalue weighted by Gasteiger charge is 2.29. The van der Waals surface area contributed by atoms with Gasteiger partial charge in [0, 0.05) is 11.4 Å². The van der Waals surface area contributed by atoms with Crippen molar-refractivity contribution in [1.82, 2.24) is 10.0 Å². The van der Waals surface area contributed by atoms with E-state index < -0.39 is 10.0 Å². The SMILES string of the molecule is CCC(NS(=O)(=O)C1CCCNC1)c1cccs1. The van der Waals surface area contributed by atoms with Gasteiger partial charge in [-0.2, -0.15) is 0 Å². The highest BCUT2D eigenvalue weighted by atomic mass is 32.2. The van der Waals surface area contributed by atoms with Gasteiger partial charge in [-0.3, -0.25) is 0 Å². The van der Waals surface area contributed by atoms with Crippen molar-refractivity contribution < 1.29 is 8.42 Å². The molecule has 2 unspecified atom stereocenters. The van der Waals surface area contributed by atoms with Crippen molar-refractivity contribution in [2.24, 2.45) is 0 Å². The lowest BCUT2D eigenvalue weighted by atomic mass is 10.2. The van der Waals surface area contributed by atoms with Gasteiger partial charge in [0.1, 0.15) is 0 Å². The number of hydrogen-bond donors (Lipinski definition) is 2. The third-order valence-corrected chi connectivity index (χ3v) is 6.17. The maximum atomic E-state index is 12.3. The van der Waals surface area contributed by atoms with Gasteiger partial charge in [-0.1, -0.05) is 13.0 Å². The second-order valence-electron chi connectivity index (χ2n) is 4.61. The quantitative estimate of drug-likeness (QED) is 0.869. The lowest BCUT2D eigenvalue weighted by Gasteiger charge is -2.25. The smallest absolute Gasteiger partial charge is 0.216 e. The van der Waals surface area contributed by atoms with Crippen LogP contribution in [-0.2, 0) is 10.0 Å². The van der Waals surface area contributed by atoms with Crippen LogP contribution in [0.3, 0.4) is 0 Å². The molecule has 0 aliphatic carbocycles. The van der Waals surface area contributed by atoms with Gasteiger partial charge in [0.15, 0.2) is 0 Å². The Morgan fingerprint density at radius 2 is 2.44 bits per heavy atom. The second kappa shape index (κ2) is 6.14. The Labute approximate surface area is 113 Å². The molecule has 1 fully saturated rings. The predicted molar refractivity (Wildman–Crippen MR) is 75.3 cm³/mol. The summed E-state index contributed by atoms with van der Waals surface area (Å²) >= 11 is 1.60. The monoisotopic (exact) mass is 288 g/mol. The molecule has 18 heavy (non-hydrogen) atoms. The third kappa shape index (κ3) is 3.32. The van der Waals surface area contributed by atoms with Crippen LogP contribution in [0.15, 0.2) is 17.5 Å². The van der Waals surface area contributed by atoms with Crippen LogP contribution < -0.4 is 10.0 Å². The number of piperidine rings is 1. The van der Waals surface area contributed by atoms with Gasteiger partial charge in [-0.05, 0) is 37.3 Å². The third-order valence-electron chi connectivity index (χ3n) is 3.29. The van der Waals surface area contributed by atoms with E-state index in [1.54, 1.807) is 11.3 Å². The summed E-state index contributed by atoms with van der Waals surface area (Å²) in [6.07, 6.45) is 2.46. The molecule has 1 aliphatic rings. The molecule has 2 atom stereocenters. The summed E-state index contributed by atoms with van der Waals surface area (Å²) in [5.74, 6) is 0. The molecule has 0 saturated carbocycles. The molecule has 0 bridgehead atoms. The van der Waals surface area contributed by atoms with Gasteiger partial charge in [-0.25, -0.2) is 13.1 Å². The van der Waals surface area contributed by atoms with Crippen LogP contribution in [0.4, 0.5) is 0 Å². The van der Waals surface area contributed by atoms with Gasteiger partial charge in [0.05, 0.1) is 11.3 Å². The van der Waals surface area contributed by atoms with Crippen LogP contribution >= 0.6 is 11.3 Å². The van der Waals surface area contributed by atoms with E-state index in [1.807, 2.05) is 24.4 Å². The van der Waals surface area contributed by atoms with E-state index in [1.165, 1.54) is 0 Å². The topological polar surface area (TPSA) is 58.2 Å². The van der Waals surface area contributed by atoms with Crippen LogP contribution in [0.2, 0.25) is 0 Å². The molecule has 2 heterocycles.